The van der Waals surface area contributed by atoms with Crippen LogP contribution in [0, 0.1) is 11.3 Å². The summed E-state index contributed by atoms with van der Waals surface area (Å²) in [5.74, 6) is -1.72. The minimum absolute atomic E-state index is 0.535. The molecule has 0 saturated carbocycles. The molecule has 100 valence electrons. The van der Waals surface area contributed by atoms with Gasteiger partial charge in [-0.1, -0.05) is 42.1 Å². The lowest BCUT2D eigenvalue weighted by Crippen LogP contribution is -2.12. The molecule has 0 heterocycles. The van der Waals surface area contributed by atoms with Crippen molar-refractivity contribution in [3.8, 4) is 6.07 Å². The van der Waals surface area contributed by atoms with Gasteiger partial charge in [0.2, 0.25) is 0 Å². The van der Waals surface area contributed by atoms with E-state index in [0.29, 0.717) is 5.56 Å². The molecule has 0 amide bonds. The number of carbonyl (C=O) groups excluding carboxylic acids is 1. The molecular formula is C16H12FNOS. The largest absolute Gasteiger partial charge is 0.295 e. The van der Waals surface area contributed by atoms with Gasteiger partial charge in [0.15, 0.2) is 5.78 Å². The monoisotopic (exact) mass is 285 g/mol. The fourth-order valence-electron chi connectivity index (χ4n) is 1.76. The van der Waals surface area contributed by atoms with Crippen LogP contribution in [0.3, 0.4) is 0 Å². The van der Waals surface area contributed by atoms with E-state index in [1.54, 1.807) is 23.9 Å². The van der Waals surface area contributed by atoms with Crippen molar-refractivity contribution in [2.45, 2.75) is 15.7 Å². The standard InChI is InChI=1S/C16H12FNOS/c17-10-16(19)15(11-18)12-6-8-14(9-7-12)20-13-4-2-1-3-5-13/h1-9,15H,10H2. The Morgan fingerprint density at radius 3 is 2.25 bits per heavy atom. The van der Waals surface area contributed by atoms with E-state index in [9.17, 15) is 9.18 Å². The molecule has 0 radical (unpaired) electrons. The van der Waals surface area contributed by atoms with Crippen LogP contribution in [0.5, 0.6) is 0 Å². The number of nitriles is 1. The van der Waals surface area contributed by atoms with E-state index in [0.717, 1.165) is 9.79 Å². The van der Waals surface area contributed by atoms with Crippen molar-refractivity contribution in [3.05, 3.63) is 60.2 Å². The van der Waals surface area contributed by atoms with E-state index in [2.05, 4.69) is 0 Å². The van der Waals surface area contributed by atoms with Crippen molar-refractivity contribution >= 4 is 17.5 Å². The fourth-order valence-corrected chi connectivity index (χ4v) is 2.60. The number of carbonyl (C=O) groups is 1. The first-order valence-electron chi connectivity index (χ1n) is 6.05. The minimum Gasteiger partial charge on any atom is -0.295 e. The summed E-state index contributed by atoms with van der Waals surface area (Å²) in [6.45, 7) is -1.11. The molecule has 2 nitrogen and oxygen atoms in total. The zero-order chi connectivity index (χ0) is 14.4. The molecule has 0 saturated heterocycles. The third kappa shape index (κ3) is 3.46. The van der Waals surface area contributed by atoms with Gasteiger partial charge in [0.25, 0.3) is 0 Å². The molecule has 0 fully saturated rings. The van der Waals surface area contributed by atoms with E-state index in [1.165, 1.54) is 0 Å². The molecule has 0 spiro atoms. The summed E-state index contributed by atoms with van der Waals surface area (Å²) < 4.78 is 12.4. The Kier molecular flexibility index (Phi) is 4.91. The predicted octanol–water partition coefficient (Wildman–Crippen LogP) is 3.98. The van der Waals surface area contributed by atoms with Gasteiger partial charge in [-0.15, -0.1) is 0 Å². The van der Waals surface area contributed by atoms with Crippen LogP contribution in [-0.4, -0.2) is 12.5 Å². The third-order valence-corrected chi connectivity index (χ3v) is 3.79. The molecular weight excluding hydrogens is 273 g/mol. The first-order valence-corrected chi connectivity index (χ1v) is 6.87. The van der Waals surface area contributed by atoms with Crippen LogP contribution in [0.2, 0.25) is 0 Å². The molecule has 20 heavy (non-hydrogen) atoms. The second kappa shape index (κ2) is 6.88. The van der Waals surface area contributed by atoms with Gasteiger partial charge < -0.3 is 0 Å². The molecule has 0 aliphatic heterocycles. The summed E-state index contributed by atoms with van der Waals surface area (Å²) in [5, 5.41) is 8.94. The number of nitrogens with zero attached hydrogens (tertiary/aromatic N) is 1. The Morgan fingerprint density at radius 1 is 1.10 bits per heavy atom. The maximum Gasteiger partial charge on any atom is 0.185 e. The molecule has 1 unspecified atom stereocenters. The van der Waals surface area contributed by atoms with E-state index >= 15 is 0 Å². The first-order chi connectivity index (χ1) is 9.74. The van der Waals surface area contributed by atoms with Gasteiger partial charge in [0.1, 0.15) is 12.6 Å². The van der Waals surface area contributed by atoms with Gasteiger partial charge in [0, 0.05) is 9.79 Å². The van der Waals surface area contributed by atoms with Gasteiger partial charge in [-0.2, -0.15) is 5.26 Å². The molecule has 2 rings (SSSR count). The van der Waals surface area contributed by atoms with Gasteiger partial charge in [-0.05, 0) is 29.8 Å². The summed E-state index contributed by atoms with van der Waals surface area (Å²) in [6, 6.07) is 18.8. The van der Waals surface area contributed by atoms with Crippen molar-refractivity contribution < 1.29 is 9.18 Å². The van der Waals surface area contributed by atoms with E-state index in [4.69, 9.17) is 5.26 Å². The molecule has 0 aliphatic carbocycles. The summed E-state index contributed by atoms with van der Waals surface area (Å²) in [7, 11) is 0. The van der Waals surface area contributed by atoms with Crippen LogP contribution >= 0.6 is 11.8 Å². The van der Waals surface area contributed by atoms with Crippen molar-refractivity contribution in [2.75, 3.05) is 6.67 Å². The Labute approximate surface area is 121 Å². The van der Waals surface area contributed by atoms with E-state index in [1.807, 2.05) is 48.5 Å². The molecule has 0 aliphatic rings. The lowest BCUT2D eigenvalue weighted by molar-refractivity contribution is -0.120. The number of hydrogen-bond acceptors (Lipinski definition) is 3. The van der Waals surface area contributed by atoms with Gasteiger partial charge >= 0.3 is 0 Å². The number of alkyl halides is 1. The predicted molar refractivity (Wildman–Crippen MR) is 76.3 cm³/mol. The SMILES string of the molecule is N#CC(C(=O)CF)c1ccc(Sc2ccccc2)cc1. The maximum atomic E-state index is 12.4. The fraction of sp³-hybridized carbons (Fsp3) is 0.125. The van der Waals surface area contributed by atoms with Crippen molar-refractivity contribution in [3.63, 3.8) is 0 Å². The third-order valence-electron chi connectivity index (χ3n) is 2.78. The van der Waals surface area contributed by atoms with Crippen LogP contribution in [0.15, 0.2) is 64.4 Å². The van der Waals surface area contributed by atoms with Crippen LogP contribution in [0.1, 0.15) is 11.5 Å². The average molecular weight is 285 g/mol. The highest BCUT2D eigenvalue weighted by Gasteiger charge is 2.19. The van der Waals surface area contributed by atoms with Gasteiger partial charge in [0.05, 0.1) is 6.07 Å². The van der Waals surface area contributed by atoms with E-state index in [-0.39, 0.29) is 0 Å². The van der Waals surface area contributed by atoms with Crippen LogP contribution < -0.4 is 0 Å². The number of Topliss-reactive ketones (excluding diaryl/α,β-unsaturated/α-hetero) is 1. The average Bonchev–Trinajstić information content (AvgIpc) is 2.50. The van der Waals surface area contributed by atoms with Crippen LogP contribution in [0.25, 0.3) is 0 Å². The summed E-state index contributed by atoms with van der Waals surface area (Å²) in [5.41, 5.74) is 0.535. The Bertz CT molecular complexity index is 619. The first kappa shape index (κ1) is 14.3. The highest BCUT2D eigenvalue weighted by molar-refractivity contribution is 7.99. The highest BCUT2D eigenvalue weighted by Crippen LogP contribution is 2.28. The Morgan fingerprint density at radius 2 is 1.70 bits per heavy atom. The van der Waals surface area contributed by atoms with Crippen LogP contribution in [0.4, 0.5) is 4.39 Å². The maximum absolute atomic E-state index is 12.4. The van der Waals surface area contributed by atoms with E-state index < -0.39 is 18.4 Å². The normalized spacial score (nSPS) is 11.6. The van der Waals surface area contributed by atoms with Gasteiger partial charge in [-0.3, -0.25) is 4.79 Å². The zero-order valence-corrected chi connectivity index (χ0v) is 11.4. The number of ketones is 1. The number of rotatable bonds is 5. The second-order valence-electron chi connectivity index (χ2n) is 4.15. The van der Waals surface area contributed by atoms with Crippen LogP contribution in [-0.2, 0) is 4.79 Å². The lowest BCUT2D eigenvalue weighted by Gasteiger charge is -2.07. The van der Waals surface area contributed by atoms with Crippen molar-refractivity contribution in [1.29, 1.82) is 5.26 Å². The molecule has 0 bridgehead atoms. The topological polar surface area (TPSA) is 40.9 Å². The summed E-state index contributed by atoms with van der Waals surface area (Å²) >= 11 is 1.59. The lowest BCUT2D eigenvalue weighted by atomic mass is 9.97. The summed E-state index contributed by atoms with van der Waals surface area (Å²) in [6.07, 6.45) is 0. The Hall–Kier alpha value is -2.12. The molecule has 2 aromatic carbocycles. The number of hydrogen-bond donors (Lipinski definition) is 0. The smallest absolute Gasteiger partial charge is 0.185 e. The van der Waals surface area contributed by atoms with Crippen molar-refractivity contribution in [2.24, 2.45) is 0 Å². The highest BCUT2D eigenvalue weighted by atomic mass is 32.2. The molecule has 2 aromatic rings. The number of benzene rings is 2. The quantitative estimate of drug-likeness (QED) is 0.834. The minimum atomic E-state index is -1.11. The molecule has 4 heteroatoms. The zero-order valence-electron chi connectivity index (χ0n) is 10.6. The summed E-state index contributed by atoms with van der Waals surface area (Å²) in [4.78, 5) is 13.4. The molecule has 1 atom stereocenters. The van der Waals surface area contributed by atoms with Gasteiger partial charge in [-0.25, -0.2) is 4.39 Å². The second-order valence-corrected chi connectivity index (χ2v) is 5.29. The van der Waals surface area contributed by atoms with Crippen molar-refractivity contribution in [1.82, 2.24) is 0 Å². The molecule has 0 N–H and O–H groups in total. The number of halogens is 1. The Balaban J connectivity index is 2.14. The molecule has 0 aromatic heterocycles.